The highest BCUT2D eigenvalue weighted by Gasteiger charge is 2.17. The molecular weight excluding hydrogens is 657 g/mol. The summed E-state index contributed by atoms with van der Waals surface area (Å²) < 4.78 is 47.5. The van der Waals surface area contributed by atoms with Gasteiger partial charge in [-0.2, -0.15) is 0 Å². The Morgan fingerprint density at radius 3 is 1.60 bits per heavy atom. The minimum Gasteiger partial charge on any atom is -0.755 e. The molecule has 6 aromatic rings. The number of fused-ring (bicyclic) bond motifs is 2. The summed E-state index contributed by atoms with van der Waals surface area (Å²) in [7, 11) is 0. The second kappa shape index (κ2) is 14.8. The number of nitrogens with one attached hydrogen (secondary N) is 4. The van der Waals surface area contributed by atoms with Gasteiger partial charge in [0.15, 0.2) is 0 Å². The molecule has 0 saturated heterocycles. The van der Waals surface area contributed by atoms with E-state index in [1.165, 1.54) is 6.20 Å². The molecule has 246 valence electrons. The zero-order valence-electron chi connectivity index (χ0n) is 25.4. The average molecular weight is 685 g/mol. The molecule has 0 fully saturated rings. The molecule has 0 amide bonds. The molecule has 0 aliphatic rings. The van der Waals surface area contributed by atoms with Gasteiger partial charge >= 0.3 is 0 Å². The topological polar surface area (TPSA) is 223 Å². The first-order valence-corrected chi connectivity index (χ1v) is 16.3. The van der Waals surface area contributed by atoms with Crippen LogP contribution in [-0.2, 0) is 22.5 Å². The van der Waals surface area contributed by atoms with Gasteiger partial charge in [0, 0.05) is 85.1 Å². The molecule has 2 atom stereocenters. The fourth-order valence-corrected chi connectivity index (χ4v) is 5.60. The Labute approximate surface area is 279 Å². The highest BCUT2D eigenvalue weighted by atomic mass is 32.2. The molecule has 6 N–H and O–H groups in total. The van der Waals surface area contributed by atoms with Crippen molar-refractivity contribution in [1.82, 2.24) is 9.97 Å². The third-order valence-electron chi connectivity index (χ3n) is 7.16. The Kier molecular flexibility index (Phi) is 10.4. The van der Waals surface area contributed by atoms with E-state index in [0.717, 1.165) is 27.7 Å². The number of hydrogen-bond acceptors (Lipinski definition) is 11. The highest BCUT2D eigenvalue weighted by Crippen LogP contribution is 2.34. The molecule has 0 bridgehead atoms. The lowest BCUT2D eigenvalue weighted by molar-refractivity contribution is -0.383. The number of aryl methyl sites for hydroxylation is 2. The predicted molar refractivity (Wildman–Crippen MR) is 189 cm³/mol. The molecule has 0 radical (unpaired) electrons. The van der Waals surface area contributed by atoms with Crippen LogP contribution in [0.25, 0.3) is 21.5 Å². The van der Waals surface area contributed by atoms with Crippen LogP contribution in [0.1, 0.15) is 11.1 Å². The SMILES string of the molecule is Cc1ccc2c(Nc3cccc(NS(=O)[O-])c3)nccc2c1N.Cc1ccc2c(Nc3cccc(NS(=O)[O-])c3)nccc2c1[N+](=O)[O-]. The van der Waals surface area contributed by atoms with Crippen molar-refractivity contribution in [2.45, 2.75) is 13.8 Å². The smallest absolute Gasteiger partial charge is 0.280 e. The van der Waals surface area contributed by atoms with E-state index in [1.807, 2.05) is 31.2 Å². The maximum atomic E-state index is 11.4. The van der Waals surface area contributed by atoms with E-state index in [2.05, 4.69) is 30.0 Å². The van der Waals surface area contributed by atoms with Crippen LogP contribution in [0.15, 0.2) is 97.3 Å². The Balaban J connectivity index is 0.000000188. The number of benzene rings is 4. The van der Waals surface area contributed by atoms with Crippen molar-refractivity contribution in [2.75, 3.05) is 25.8 Å². The number of rotatable bonds is 9. The van der Waals surface area contributed by atoms with Gasteiger partial charge in [0.25, 0.3) is 5.69 Å². The van der Waals surface area contributed by atoms with E-state index < -0.39 is 27.5 Å². The number of nitrogens with two attached hydrogens (primary N) is 1. The van der Waals surface area contributed by atoms with Crippen molar-refractivity contribution in [3.05, 3.63) is 119 Å². The number of nitrogens with zero attached hydrogens (tertiary/aromatic N) is 3. The number of nitro benzene ring substituents is 1. The monoisotopic (exact) mass is 684 g/mol. The number of nitro groups is 1. The van der Waals surface area contributed by atoms with Crippen LogP contribution in [-0.4, -0.2) is 32.4 Å². The van der Waals surface area contributed by atoms with Crippen LogP contribution in [0.5, 0.6) is 0 Å². The first-order valence-electron chi connectivity index (χ1n) is 14.1. The maximum Gasteiger partial charge on any atom is 0.280 e. The summed E-state index contributed by atoms with van der Waals surface area (Å²) in [6, 6.07) is 24.4. The third kappa shape index (κ3) is 7.99. The summed E-state index contributed by atoms with van der Waals surface area (Å²) in [5, 5.41) is 20.5. The molecule has 2 aromatic heterocycles. The van der Waals surface area contributed by atoms with Crippen LogP contribution in [0.2, 0.25) is 0 Å². The number of anilines is 7. The second-order valence-electron chi connectivity index (χ2n) is 10.4. The minimum atomic E-state index is -2.42. The van der Waals surface area contributed by atoms with Gasteiger partial charge in [-0.25, -0.2) is 9.97 Å². The minimum absolute atomic E-state index is 0.0418. The zero-order valence-corrected chi connectivity index (χ0v) is 27.1. The molecule has 0 aliphatic carbocycles. The van der Waals surface area contributed by atoms with Gasteiger partial charge in [-0.3, -0.25) is 18.5 Å². The van der Waals surface area contributed by atoms with Gasteiger partial charge in [0.05, 0.1) is 10.3 Å². The molecule has 16 heteroatoms. The van der Waals surface area contributed by atoms with Gasteiger partial charge in [-0.05, 0) is 74.0 Å². The van der Waals surface area contributed by atoms with Crippen LogP contribution >= 0.6 is 0 Å². The number of aromatic nitrogens is 2. The third-order valence-corrected chi connectivity index (χ3v) is 7.96. The summed E-state index contributed by atoms with van der Waals surface area (Å²) in [6.07, 6.45) is 3.18. The van der Waals surface area contributed by atoms with Crippen molar-refractivity contribution in [3.63, 3.8) is 0 Å². The normalized spacial score (nSPS) is 12.0. The van der Waals surface area contributed by atoms with Gasteiger partial charge in [-0.15, -0.1) is 0 Å². The lowest BCUT2D eigenvalue weighted by Gasteiger charge is -2.13. The maximum absolute atomic E-state index is 11.4. The molecule has 2 unspecified atom stereocenters. The van der Waals surface area contributed by atoms with Crippen LogP contribution in [0.4, 0.5) is 45.8 Å². The molecule has 4 aromatic carbocycles. The highest BCUT2D eigenvalue weighted by molar-refractivity contribution is 7.80. The van der Waals surface area contributed by atoms with Crippen molar-refractivity contribution in [2.24, 2.45) is 0 Å². The fraction of sp³-hybridized carbons (Fsp3) is 0.0625. The second-order valence-corrected chi connectivity index (χ2v) is 11.7. The molecule has 0 saturated carbocycles. The Morgan fingerprint density at radius 2 is 1.10 bits per heavy atom. The van der Waals surface area contributed by atoms with E-state index in [4.69, 9.17) is 5.73 Å². The van der Waals surface area contributed by atoms with E-state index in [9.17, 15) is 27.6 Å². The lowest BCUT2D eigenvalue weighted by atomic mass is 10.1. The Bertz CT molecular complexity index is 2200. The summed E-state index contributed by atoms with van der Waals surface area (Å²) in [5.41, 5.74) is 10.7. The zero-order chi connectivity index (χ0) is 34.4. The standard InChI is InChI=1S/C16H14N4O4S.C16H16N4O2S/c1-10-5-6-14-13(15(10)20(21)22)7-8-17-16(14)18-11-3-2-4-12(9-11)19-25(23)24;1-10-5-6-14-13(15(10)17)7-8-18-16(14)19-11-3-2-4-12(9-11)20-23(21)22/h2-9,19H,1H3,(H,17,18)(H,23,24);2-9,20H,17H2,1H3,(H,18,19)(H,21,22)/p-2. The summed E-state index contributed by atoms with van der Waals surface area (Å²) >= 11 is -4.78. The fourth-order valence-electron chi connectivity index (χ4n) is 4.96. The number of pyridine rings is 2. The van der Waals surface area contributed by atoms with Gasteiger partial charge < -0.3 is 34.9 Å². The van der Waals surface area contributed by atoms with E-state index in [0.29, 0.717) is 45.0 Å². The summed E-state index contributed by atoms with van der Waals surface area (Å²) in [6.45, 7) is 3.64. The molecule has 0 spiro atoms. The first-order chi connectivity index (χ1) is 23.0. The van der Waals surface area contributed by atoms with E-state index in [1.54, 1.807) is 73.8 Å². The Hall–Kier alpha value is -5.68. The van der Waals surface area contributed by atoms with Crippen molar-refractivity contribution in [1.29, 1.82) is 0 Å². The summed E-state index contributed by atoms with van der Waals surface area (Å²) in [4.78, 5) is 19.5. The van der Waals surface area contributed by atoms with Gasteiger partial charge in [0.1, 0.15) is 11.6 Å². The average Bonchev–Trinajstić information content (AvgIpc) is 3.03. The number of hydrogen-bond donors (Lipinski definition) is 5. The molecule has 2 heterocycles. The largest absolute Gasteiger partial charge is 0.755 e. The molecule has 14 nitrogen and oxygen atoms in total. The molecular formula is C32H28N8O6S2-2. The van der Waals surface area contributed by atoms with Crippen LogP contribution in [0, 0.1) is 24.0 Å². The van der Waals surface area contributed by atoms with Crippen molar-refractivity contribution < 1.29 is 22.4 Å². The number of nitrogen functional groups attached to an aromatic ring is 1. The van der Waals surface area contributed by atoms with Crippen molar-refractivity contribution in [3.8, 4) is 0 Å². The molecule has 48 heavy (non-hydrogen) atoms. The molecule has 0 aliphatic heterocycles. The van der Waals surface area contributed by atoms with Gasteiger partial charge in [0.2, 0.25) is 0 Å². The predicted octanol–water partition coefficient (Wildman–Crippen LogP) is 6.48. The van der Waals surface area contributed by atoms with E-state index in [-0.39, 0.29) is 5.69 Å². The van der Waals surface area contributed by atoms with Crippen LogP contribution in [0.3, 0.4) is 0 Å². The first kappa shape index (κ1) is 33.7. The summed E-state index contributed by atoms with van der Waals surface area (Å²) in [5.74, 6) is 1.11. The van der Waals surface area contributed by atoms with Crippen molar-refractivity contribution >= 4 is 89.8 Å². The van der Waals surface area contributed by atoms with E-state index >= 15 is 0 Å². The quantitative estimate of drug-likeness (QED) is 0.0480. The lowest BCUT2D eigenvalue weighted by Crippen LogP contribution is -2.03. The molecule has 6 rings (SSSR count). The Morgan fingerprint density at radius 1 is 0.646 bits per heavy atom. The van der Waals surface area contributed by atoms with Gasteiger partial charge in [-0.1, -0.05) is 30.3 Å². The van der Waals surface area contributed by atoms with Crippen LogP contribution < -0.4 is 25.8 Å².